The molecule has 0 aliphatic carbocycles. The maximum atomic E-state index is 12.5. The van der Waals surface area contributed by atoms with E-state index in [1.165, 1.54) is 0 Å². The summed E-state index contributed by atoms with van der Waals surface area (Å²) in [4.78, 5) is 12.5. The number of pyridine rings is 1. The van der Waals surface area contributed by atoms with E-state index in [1.807, 2.05) is 24.3 Å². The van der Waals surface area contributed by atoms with Gasteiger partial charge in [0.1, 0.15) is 0 Å². The maximum absolute atomic E-state index is 12.5. The van der Waals surface area contributed by atoms with Crippen molar-refractivity contribution in [1.82, 2.24) is 4.57 Å². The summed E-state index contributed by atoms with van der Waals surface area (Å²) in [6.45, 7) is 0. The van der Waals surface area contributed by atoms with Gasteiger partial charge in [-0.1, -0.05) is 0 Å². The minimum atomic E-state index is -0.116. The van der Waals surface area contributed by atoms with Crippen LogP contribution in [0.3, 0.4) is 0 Å². The predicted molar refractivity (Wildman–Crippen MR) is 101 cm³/mol. The molecule has 0 aliphatic heterocycles. The van der Waals surface area contributed by atoms with Gasteiger partial charge in [-0.05, 0) is 35.7 Å². The molecule has 3 aromatic rings. The van der Waals surface area contributed by atoms with E-state index in [2.05, 4.69) is 0 Å². The summed E-state index contributed by atoms with van der Waals surface area (Å²) in [6, 6.07) is 10.8. The third-order valence-electron chi connectivity index (χ3n) is 4.41. The highest BCUT2D eigenvalue weighted by atomic mass is 16.5. The lowest BCUT2D eigenvalue weighted by Crippen LogP contribution is -2.17. The van der Waals surface area contributed by atoms with Crippen molar-refractivity contribution in [2.45, 2.75) is 0 Å². The number of nitrogens with zero attached hydrogens (tertiary/aromatic N) is 1. The Balaban J connectivity index is 2.38. The molecule has 136 valence electrons. The molecule has 1 heterocycles. The second kappa shape index (κ2) is 7.00. The van der Waals surface area contributed by atoms with Gasteiger partial charge in [-0.3, -0.25) is 4.79 Å². The third-order valence-corrected chi connectivity index (χ3v) is 4.41. The van der Waals surface area contributed by atoms with Crippen molar-refractivity contribution in [3.05, 3.63) is 46.8 Å². The average Bonchev–Trinajstić information content (AvgIpc) is 2.67. The van der Waals surface area contributed by atoms with Gasteiger partial charge in [-0.2, -0.15) is 0 Å². The molecule has 0 saturated carbocycles. The summed E-state index contributed by atoms with van der Waals surface area (Å²) < 4.78 is 23.1. The van der Waals surface area contributed by atoms with Crippen LogP contribution in [-0.4, -0.2) is 33.0 Å². The van der Waals surface area contributed by atoms with Crippen molar-refractivity contribution in [1.29, 1.82) is 0 Å². The van der Waals surface area contributed by atoms with Gasteiger partial charge >= 0.3 is 0 Å². The highest BCUT2D eigenvalue weighted by Crippen LogP contribution is 2.38. The molecule has 0 unspecified atom stereocenters. The van der Waals surface area contributed by atoms with E-state index in [4.69, 9.17) is 18.9 Å². The smallest absolute Gasteiger partial charge is 0.251 e. The summed E-state index contributed by atoms with van der Waals surface area (Å²) in [7, 11) is 8.06. The Hall–Kier alpha value is -3.15. The van der Waals surface area contributed by atoms with Gasteiger partial charge in [-0.15, -0.1) is 0 Å². The Kier molecular flexibility index (Phi) is 4.75. The zero-order valence-corrected chi connectivity index (χ0v) is 15.5. The first-order valence-corrected chi connectivity index (χ1v) is 8.02. The van der Waals surface area contributed by atoms with E-state index in [9.17, 15) is 4.79 Å². The van der Waals surface area contributed by atoms with Crippen LogP contribution < -0.4 is 24.5 Å². The van der Waals surface area contributed by atoms with Crippen LogP contribution in [0.25, 0.3) is 22.0 Å². The topological polar surface area (TPSA) is 58.9 Å². The van der Waals surface area contributed by atoms with Crippen LogP contribution in [0.1, 0.15) is 0 Å². The van der Waals surface area contributed by atoms with Crippen molar-refractivity contribution in [2.75, 3.05) is 28.4 Å². The zero-order valence-electron chi connectivity index (χ0n) is 15.5. The van der Waals surface area contributed by atoms with Crippen LogP contribution in [0.15, 0.2) is 41.2 Å². The zero-order chi connectivity index (χ0) is 18.8. The lowest BCUT2D eigenvalue weighted by atomic mass is 10.0. The maximum Gasteiger partial charge on any atom is 0.251 e. The third kappa shape index (κ3) is 2.83. The van der Waals surface area contributed by atoms with Gasteiger partial charge < -0.3 is 23.5 Å². The predicted octanol–water partition coefficient (Wildman–Crippen LogP) is 3.24. The van der Waals surface area contributed by atoms with Gasteiger partial charge in [0, 0.05) is 24.1 Å². The molecule has 0 atom stereocenters. The normalized spacial score (nSPS) is 10.7. The van der Waals surface area contributed by atoms with E-state index in [0.717, 1.165) is 22.0 Å². The molecule has 0 aliphatic rings. The molecule has 0 fully saturated rings. The van der Waals surface area contributed by atoms with Crippen LogP contribution in [0.2, 0.25) is 0 Å². The molecular formula is C20H21NO5. The van der Waals surface area contributed by atoms with Crippen molar-refractivity contribution in [3.8, 4) is 34.3 Å². The lowest BCUT2D eigenvalue weighted by molar-refractivity contribution is 0.355. The summed E-state index contributed by atoms with van der Waals surface area (Å²) in [5, 5.41) is 1.65. The van der Waals surface area contributed by atoms with Gasteiger partial charge in [0.05, 0.1) is 34.1 Å². The Labute approximate surface area is 151 Å². The molecule has 0 radical (unpaired) electrons. The lowest BCUT2D eigenvalue weighted by Gasteiger charge is -2.16. The Morgan fingerprint density at radius 3 is 1.92 bits per heavy atom. The van der Waals surface area contributed by atoms with Crippen LogP contribution in [-0.2, 0) is 7.05 Å². The molecule has 0 amide bonds. The average molecular weight is 355 g/mol. The number of hydrogen-bond acceptors (Lipinski definition) is 5. The van der Waals surface area contributed by atoms with Gasteiger partial charge in [-0.25, -0.2) is 0 Å². The Bertz CT molecular complexity index is 1020. The highest BCUT2D eigenvalue weighted by molar-refractivity contribution is 5.97. The molecule has 0 N–H and O–H groups in total. The number of fused-ring (bicyclic) bond motifs is 1. The van der Waals surface area contributed by atoms with E-state index in [-0.39, 0.29) is 5.56 Å². The number of benzene rings is 2. The van der Waals surface area contributed by atoms with E-state index < -0.39 is 0 Å². The minimum Gasteiger partial charge on any atom is -0.493 e. The van der Waals surface area contributed by atoms with E-state index in [1.54, 1.807) is 52.2 Å². The molecule has 1 aromatic heterocycles. The van der Waals surface area contributed by atoms with Gasteiger partial charge in [0.15, 0.2) is 23.0 Å². The van der Waals surface area contributed by atoms with Crippen molar-refractivity contribution < 1.29 is 18.9 Å². The fraction of sp³-hybridized carbons (Fsp3) is 0.250. The van der Waals surface area contributed by atoms with Crippen molar-refractivity contribution in [3.63, 3.8) is 0 Å². The second-order valence-corrected chi connectivity index (χ2v) is 5.75. The summed E-state index contributed by atoms with van der Waals surface area (Å²) in [5.74, 6) is 2.39. The quantitative estimate of drug-likeness (QED) is 0.703. The molecule has 2 aromatic carbocycles. The standard InChI is InChI=1S/C20H21NO5/c1-21-19(22)10-13-9-17(25-4)18(26-5)11-14(13)20(21)12-6-7-15(23-2)16(8-12)24-3/h6-11H,1-5H3. The fourth-order valence-electron chi connectivity index (χ4n) is 3.07. The van der Waals surface area contributed by atoms with E-state index in [0.29, 0.717) is 23.0 Å². The van der Waals surface area contributed by atoms with Crippen LogP contribution in [0.5, 0.6) is 23.0 Å². The first kappa shape index (κ1) is 17.7. The Morgan fingerprint density at radius 1 is 0.731 bits per heavy atom. The molecule has 0 spiro atoms. The molecule has 0 bridgehead atoms. The highest BCUT2D eigenvalue weighted by Gasteiger charge is 2.16. The molecule has 0 saturated heterocycles. The van der Waals surface area contributed by atoms with Crippen LogP contribution in [0.4, 0.5) is 0 Å². The minimum absolute atomic E-state index is 0.116. The first-order valence-electron chi connectivity index (χ1n) is 8.02. The fourth-order valence-corrected chi connectivity index (χ4v) is 3.07. The summed E-state index contributed by atoms with van der Waals surface area (Å²) in [5.41, 5.74) is 1.48. The summed E-state index contributed by atoms with van der Waals surface area (Å²) in [6.07, 6.45) is 0. The van der Waals surface area contributed by atoms with Gasteiger partial charge in [0.2, 0.25) is 0 Å². The monoisotopic (exact) mass is 355 g/mol. The van der Waals surface area contributed by atoms with Crippen LogP contribution >= 0.6 is 0 Å². The van der Waals surface area contributed by atoms with Gasteiger partial charge in [0.25, 0.3) is 5.56 Å². The van der Waals surface area contributed by atoms with Crippen molar-refractivity contribution in [2.24, 2.45) is 7.05 Å². The molecule has 26 heavy (non-hydrogen) atoms. The number of aromatic nitrogens is 1. The molecular weight excluding hydrogens is 334 g/mol. The molecule has 6 heteroatoms. The number of hydrogen-bond donors (Lipinski definition) is 0. The second-order valence-electron chi connectivity index (χ2n) is 5.75. The molecule has 6 nitrogen and oxygen atoms in total. The van der Waals surface area contributed by atoms with Crippen LogP contribution in [0, 0.1) is 0 Å². The first-order chi connectivity index (χ1) is 12.5. The van der Waals surface area contributed by atoms with Crippen molar-refractivity contribution >= 4 is 10.8 Å². The SMILES string of the molecule is COc1ccc(-c2c3cc(OC)c(OC)cc3cc(=O)n2C)cc1OC. The molecule has 3 rings (SSSR count). The number of rotatable bonds is 5. The number of ether oxygens (including phenoxy) is 4. The Morgan fingerprint density at radius 2 is 1.31 bits per heavy atom. The largest absolute Gasteiger partial charge is 0.493 e. The number of methoxy groups -OCH3 is 4. The van der Waals surface area contributed by atoms with E-state index >= 15 is 0 Å². The summed E-state index contributed by atoms with van der Waals surface area (Å²) >= 11 is 0.